The zero-order valence-corrected chi connectivity index (χ0v) is 38.6. The minimum atomic E-state index is -2.24. The zero-order chi connectivity index (χ0) is 50.0. The smallest absolute Gasteiger partial charge is 0.0702 e. The van der Waals surface area contributed by atoms with E-state index in [-0.39, 0.29) is 5.56 Å². The summed E-state index contributed by atoms with van der Waals surface area (Å²) in [6.45, 7) is -2.24. The highest BCUT2D eigenvalue weighted by Gasteiger charge is 2.19. The minimum Gasteiger partial charge on any atom is -0.256 e. The molecule has 71 heavy (non-hydrogen) atoms. The molecule has 336 valence electrons. The van der Waals surface area contributed by atoms with Gasteiger partial charge in [-0.25, -0.2) is 9.36 Å². The molecule has 3 aromatic heterocycles. The molecular weight excluding hydrogens is 863 g/mol. The van der Waals surface area contributed by atoms with Gasteiger partial charge in [0.25, 0.3) is 0 Å². The average Bonchev–Trinajstić information content (AvgIpc) is 4.22. The summed E-state index contributed by atoms with van der Waals surface area (Å²) in [7, 11) is 0. The van der Waals surface area contributed by atoms with Crippen molar-refractivity contribution < 1.29 is 4.11 Å². The van der Waals surface area contributed by atoms with Gasteiger partial charge in [-0.15, -0.1) is 0 Å². The molecule has 0 atom stereocenters. The van der Waals surface area contributed by atoms with Crippen LogP contribution in [0.25, 0.3) is 112 Å². The average molecular weight is 913 g/mol. The summed E-state index contributed by atoms with van der Waals surface area (Å²) >= 11 is 0. The van der Waals surface area contributed by atoms with Crippen LogP contribution >= 0.6 is 0 Å². The highest BCUT2D eigenvalue weighted by atomic mass is 15.3. The van der Waals surface area contributed by atoms with Crippen molar-refractivity contribution in [3.8, 4) is 112 Å². The van der Waals surface area contributed by atoms with Crippen LogP contribution in [0.2, 0.25) is 0 Å². The van der Waals surface area contributed by atoms with Gasteiger partial charge < -0.3 is 0 Å². The van der Waals surface area contributed by atoms with Gasteiger partial charge in [0, 0.05) is 40.7 Å². The number of hydrogen-bond acceptors (Lipinski definition) is 3. The molecule has 12 aromatic rings. The van der Waals surface area contributed by atoms with Gasteiger partial charge >= 0.3 is 0 Å². The summed E-state index contributed by atoms with van der Waals surface area (Å²) < 4.78 is 27.6. The van der Waals surface area contributed by atoms with Crippen molar-refractivity contribution in [1.29, 1.82) is 0 Å². The van der Waals surface area contributed by atoms with Crippen LogP contribution in [-0.4, -0.2) is 24.5 Å². The first-order chi connectivity index (χ1) is 36.3. The van der Waals surface area contributed by atoms with Crippen molar-refractivity contribution in [2.24, 2.45) is 0 Å². The van der Waals surface area contributed by atoms with Crippen LogP contribution in [0.5, 0.6) is 0 Å². The SMILES string of the molecule is [2H]C([2H])([2H])c1ccc(-c2ccc(-c3ccccc3-c3cc(-c4ccccc4-c4ccc(-n5cccn5)cc4)cc(-c4ccccc4-c4ccc(-n5cccn5)cc4)c3)c(-c3ccc(-c4ccccc4)cc3)c2)nc1. The number of aromatic nitrogens is 5. The Labute approximate surface area is 418 Å². The van der Waals surface area contributed by atoms with Gasteiger partial charge in [0.15, 0.2) is 0 Å². The van der Waals surface area contributed by atoms with E-state index in [0.717, 1.165) is 106 Å². The van der Waals surface area contributed by atoms with E-state index in [9.17, 15) is 0 Å². The fourth-order valence-electron chi connectivity index (χ4n) is 9.68. The molecule has 0 saturated heterocycles. The molecule has 0 saturated carbocycles. The molecule has 5 nitrogen and oxygen atoms in total. The number of hydrogen-bond donors (Lipinski definition) is 0. The lowest BCUT2D eigenvalue weighted by Gasteiger charge is -2.19. The first kappa shape index (κ1) is 39.5. The fraction of sp³-hybridized carbons (Fsp3) is 0.0152. The lowest BCUT2D eigenvalue weighted by molar-refractivity contribution is 0.881. The molecule has 0 amide bonds. The highest BCUT2D eigenvalue weighted by molar-refractivity contribution is 5.97. The molecule has 0 N–H and O–H groups in total. The third-order valence-corrected chi connectivity index (χ3v) is 13.2. The maximum absolute atomic E-state index is 7.96. The van der Waals surface area contributed by atoms with Crippen molar-refractivity contribution >= 4 is 0 Å². The number of rotatable bonds is 11. The first-order valence-electron chi connectivity index (χ1n) is 25.2. The maximum Gasteiger partial charge on any atom is 0.0702 e. The third kappa shape index (κ3) is 8.69. The van der Waals surface area contributed by atoms with Gasteiger partial charge in [-0.1, -0.05) is 170 Å². The second kappa shape index (κ2) is 18.9. The predicted octanol–water partition coefficient (Wildman–Crippen LogP) is 16.8. The molecule has 12 rings (SSSR count). The Balaban J connectivity index is 1.03. The van der Waals surface area contributed by atoms with Gasteiger partial charge in [-0.3, -0.25) is 4.98 Å². The Kier molecular flexibility index (Phi) is 10.5. The zero-order valence-electron chi connectivity index (χ0n) is 41.6. The monoisotopic (exact) mass is 912 g/mol. The Morgan fingerprint density at radius 2 is 0.718 bits per heavy atom. The molecule has 0 unspecified atom stereocenters. The second-order valence-electron chi connectivity index (χ2n) is 17.6. The molecule has 9 aromatic carbocycles. The molecular formula is C66H47N5. The molecule has 0 fully saturated rings. The van der Waals surface area contributed by atoms with Gasteiger partial charge in [-0.05, 0) is 168 Å². The standard InChI is InChI=1S/C66H47N5/c1-46-21-36-66(67-45-46)52-30-35-64(65(44-52)51-24-22-48(23-25-51)47-13-3-2-4-14-47)63-20-10-9-19-62(63)55-42-53(60-17-7-5-15-58(60)49-26-31-56(32-27-49)70-39-11-37-68-70)41-54(43-55)61-18-8-6-16-59(61)50-28-33-57(34-29-50)71-40-12-38-69-71/h2-45H,1H3/i1D3. The summed E-state index contributed by atoms with van der Waals surface area (Å²) in [5.41, 5.74) is 21.2. The van der Waals surface area contributed by atoms with Crippen LogP contribution in [-0.2, 0) is 0 Å². The predicted molar refractivity (Wildman–Crippen MR) is 292 cm³/mol. The van der Waals surface area contributed by atoms with E-state index in [4.69, 9.17) is 4.11 Å². The highest BCUT2D eigenvalue weighted by Crippen LogP contribution is 2.45. The summed E-state index contributed by atoms with van der Waals surface area (Å²) in [6, 6.07) is 83.1. The van der Waals surface area contributed by atoms with Crippen molar-refractivity contribution in [2.45, 2.75) is 6.85 Å². The van der Waals surface area contributed by atoms with Gasteiger partial charge in [0.1, 0.15) is 0 Å². The van der Waals surface area contributed by atoms with E-state index in [1.807, 2.05) is 40.0 Å². The van der Waals surface area contributed by atoms with E-state index in [0.29, 0.717) is 5.69 Å². The lowest BCUT2D eigenvalue weighted by atomic mass is 9.84. The summed E-state index contributed by atoms with van der Waals surface area (Å²) in [6.07, 6.45) is 8.97. The number of aryl methyl sites for hydroxylation is 1. The Morgan fingerprint density at radius 3 is 1.20 bits per heavy atom. The molecule has 0 spiro atoms. The molecule has 0 aliphatic heterocycles. The van der Waals surface area contributed by atoms with E-state index < -0.39 is 6.85 Å². The molecule has 0 radical (unpaired) electrons. The van der Waals surface area contributed by atoms with Crippen LogP contribution in [0.15, 0.2) is 268 Å². The Bertz CT molecular complexity index is 3750. The fourth-order valence-corrected chi connectivity index (χ4v) is 9.68. The second-order valence-corrected chi connectivity index (χ2v) is 17.6. The van der Waals surface area contributed by atoms with Crippen molar-refractivity contribution in [2.75, 3.05) is 0 Å². The molecule has 5 heteroatoms. The molecule has 0 aliphatic rings. The molecule has 3 heterocycles. The summed E-state index contributed by atoms with van der Waals surface area (Å²) in [4.78, 5) is 4.67. The number of pyridine rings is 1. The molecule has 0 aliphatic carbocycles. The largest absolute Gasteiger partial charge is 0.256 e. The van der Waals surface area contributed by atoms with Crippen molar-refractivity contribution in [3.63, 3.8) is 0 Å². The quantitative estimate of drug-likeness (QED) is 0.130. The summed E-state index contributed by atoms with van der Waals surface area (Å²) in [5.74, 6) is 0. The minimum absolute atomic E-state index is 0.210. The van der Waals surface area contributed by atoms with Gasteiger partial charge in [-0.2, -0.15) is 10.2 Å². The van der Waals surface area contributed by atoms with Crippen molar-refractivity contribution in [3.05, 3.63) is 273 Å². The van der Waals surface area contributed by atoms with Crippen LogP contribution < -0.4 is 0 Å². The molecule has 0 bridgehead atoms. The normalized spacial score (nSPS) is 12.0. The van der Waals surface area contributed by atoms with E-state index >= 15 is 0 Å². The Hall–Kier alpha value is -9.45. The first-order valence-corrected chi connectivity index (χ1v) is 23.7. The van der Waals surface area contributed by atoms with Crippen LogP contribution in [0, 0.1) is 6.85 Å². The maximum atomic E-state index is 7.96. The van der Waals surface area contributed by atoms with E-state index in [1.54, 1.807) is 24.5 Å². The van der Waals surface area contributed by atoms with Crippen LogP contribution in [0.1, 0.15) is 9.68 Å². The lowest BCUT2D eigenvalue weighted by Crippen LogP contribution is -1.95. The number of nitrogens with zero attached hydrogens (tertiary/aromatic N) is 5. The number of benzene rings is 9. The summed E-state index contributed by atoms with van der Waals surface area (Å²) in [5, 5.41) is 8.93. The van der Waals surface area contributed by atoms with Crippen LogP contribution in [0.4, 0.5) is 0 Å². The van der Waals surface area contributed by atoms with Gasteiger partial charge in [0.05, 0.1) is 17.1 Å². The van der Waals surface area contributed by atoms with Crippen LogP contribution in [0.3, 0.4) is 0 Å². The van der Waals surface area contributed by atoms with Gasteiger partial charge in [0.2, 0.25) is 0 Å². The van der Waals surface area contributed by atoms with E-state index in [1.165, 1.54) is 6.20 Å². The third-order valence-electron chi connectivity index (χ3n) is 13.2. The topological polar surface area (TPSA) is 48.5 Å². The Morgan fingerprint density at radius 1 is 0.310 bits per heavy atom. The van der Waals surface area contributed by atoms with Crippen molar-refractivity contribution in [1.82, 2.24) is 24.5 Å². The van der Waals surface area contributed by atoms with E-state index in [2.05, 4.69) is 221 Å².